The number of benzene rings is 1. The molecular formula is C14H13BrN2O5S. The highest BCUT2D eigenvalue weighted by molar-refractivity contribution is 9.10. The lowest BCUT2D eigenvalue weighted by Gasteiger charge is -2.11. The molecule has 122 valence electrons. The van der Waals surface area contributed by atoms with Crippen LogP contribution in [0.5, 0.6) is 11.5 Å². The summed E-state index contributed by atoms with van der Waals surface area (Å²) in [6, 6.07) is 3.18. The fraction of sp³-hybridized carbons (Fsp3) is 0.214. The SMILES string of the molecule is COC(=O)CN1C(=O)/C(=C/c2cc(Br)c(O)c(OC)c2)NC1=S. The molecule has 0 saturated carbocycles. The number of aromatic hydroxyl groups is 1. The molecule has 23 heavy (non-hydrogen) atoms. The van der Waals surface area contributed by atoms with Gasteiger partial charge in [-0.3, -0.25) is 14.5 Å². The van der Waals surface area contributed by atoms with Crippen LogP contribution in [-0.2, 0) is 14.3 Å². The first kappa shape index (κ1) is 17.2. The first-order chi connectivity index (χ1) is 10.9. The van der Waals surface area contributed by atoms with E-state index in [-0.39, 0.29) is 28.9 Å². The van der Waals surface area contributed by atoms with Crippen molar-refractivity contribution >= 4 is 51.2 Å². The number of phenols is 1. The van der Waals surface area contributed by atoms with E-state index < -0.39 is 11.9 Å². The molecule has 0 radical (unpaired) electrons. The van der Waals surface area contributed by atoms with Crippen LogP contribution >= 0.6 is 28.1 Å². The number of nitrogens with one attached hydrogen (secondary N) is 1. The fourth-order valence-electron chi connectivity index (χ4n) is 1.91. The maximum atomic E-state index is 12.3. The smallest absolute Gasteiger partial charge is 0.325 e. The molecular weight excluding hydrogens is 388 g/mol. The van der Waals surface area contributed by atoms with E-state index in [0.717, 1.165) is 4.90 Å². The van der Waals surface area contributed by atoms with Gasteiger partial charge in [-0.25, -0.2) is 0 Å². The normalized spacial score (nSPS) is 15.8. The number of phenolic OH excluding ortho intramolecular Hbond substituents is 1. The van der Waals surface area contributed by atoms with Crippen LogP contribution in [-0.4, -0.2) is 47.8 Å². The minimum absolute atomic E-state index is 0.0387. The third-order valence-corrected chi connectivity index (χ3v) is 3.99. The largest absolute Gasteiger partial charge is 0.503 e. The number of hydrogen-bond acceptors (Lipinski definition) is 6. The number of amides is 1. The highest BCUT2D eigenvalue weighted by Crippen LogP contribution is 2.35. The molecule has 1 heterocycles. The second kappa shape index (κ2) is 6.97. The lowest BCUT2D eigenvalue weighted by atomic mass is 10.1. The van der Waals surface area contributed by atoms with Crippen molar-refractivity contribution in [3.05, 3.63) is 27.9 Å². The van der Waals surface area contributed by atoms with Crippen molar-refractivity contribution < 1.29 is 24.2 Å². The van der Waals surface area contributed by atoms with Crippen molar-refractivity contribution in [3.63, 3.8) is 0 Å². The quantitative estimate of drug-likeness (QED) is 0.448. The van der Waals surface area contributed by atoms with Gasteiger partial charge in [-0.05, 0) is 51.9 Å². The summed E-state index contributed by atoms with van der Waals surface area (Å²) in [7, 11) is 2.65. The minimum Gasteiger partial charge on any atom is -0.503 e. The minimum atomic E-state index is -0.571. The third-order valence-electron chi connectivity index (χ3n) is 3.06. The van der Waals surface area contributed by atoms with Gasteiger partial charge in [0.15, 0.2) is 16.6 Å². The first-order valence-electron chi connectivity index (χ1n) is 6.35. The molecule has 1 fully saturated rings. The number of hydrogen-bond donors (Lipinski definition) is 2. The van der Waals surface area contributed by atoms with Crippen LogP contribution in [0.25, 0.3) is 6.08 Å². The van der Waals surface area contributed by atoms with Crippen LogP contribution in [0.2, 0.25) is 0 Å². The molecule has 0 spiro atoms. The number of halogens is 1. The number of rotatable bonds is 4. The van der Waals surface area contributed by atoms with E-state index in [1.807, 2.05) is 0 Å². The molecule has 0 aromatic heterocycles. The third kappa shape index (κ3) is 3.62. The molecule has 1 aromatic rings. The van der Waals surface area contributed by atoms with Gasteiger partial charge < -0.3 is 19.9 Å². The number of carbonyl (C=O) groups is 2. The monoisotopic (exact) mass is 400 g/mol. The van der Waals surface area contributed by atoms with E-state index in [4.69, 9.17) is 17.0 Å². The van der Waals surface area contributed by atoms with Gasteiger partial charge in [0.2, 0.25) is 0 Å². The second-order valence-electron chi connectivity index (χ2n) is 4.51. The lowest BCUT2D eigenvalue weighted by Crippen LogP contribution is -2.35. The van der Waals surface area contributed by atoms with Crippen molar-refractivity contribution in [1.82, 2.24) is 10.2 Å². The molecule has 0 bridgehead atoms. The molecule has 7 nitrogen and oxygen atoms in total. The van der Waals surface area contributed by atoms with Crippen molar-refractivity contribution in [1.29, 1.82) is 0 Å². The van der Waals surface area contributed by atoms with E-state index in [9.17, 15) is 14.7 Å². The summed E-state index contributed by atoms with van der Waals surface area (Å²) in [5.41, 5.74) is 0.809. The summed E-state index contributed by atoms with van der Waals surface area (Å²) in [4.78, 5) is 24.7. The molecule has 2 rings (SSSR count). The first-order valence-corrected chi connectivity index (χ1v) is 7.55. The second-order valence-corrected chi connectivity index (χ2v) is 5.75. The number of carbonyl (C=O) groups excluding carboxylic acids is 2. The van der Waals surface area contributed by atoms with E-state index in [1.54, 1.807) is 18.2 Å². The molecule has 0 atom stereocenters. The highest BCUT2D eigenvalue weighted by atomic mass is 79.9. The summed E-state index contributed by atoms with van der Waals surface area (Å²) in [5, 5.41) is 12.7. The Hall–Kier alpha value is -2.13. The average molecular weight is 401 g/mol. The Morgan fingerprint density at radius 1 is 1.48 bits per heavy atom. The van der Waals surface area contributed by atoms with E-state index in [2.05, 4.69) is 26.0 Å². The highest BCUT2D eigenvalue weighted by Gasteiger charge is 2.32. The van der Waals surface area contributed by atoms with Gasteiger partial charge in [-0.15, -0.1) is 0 Å². The van der Waals surface area contributed by atoms with Gasteiger partial charge in [-0.1, -0.05) is 0 Å². The Bertz CT molecular complexity index is 719. The Labute approximate surface area is 146 Å². The van der Waals surface area contributed by atoms with Crippen molar-refractivity contribution in [3.8, 4) is 11.5 Å². The summed E-state index contributed by atoms with van der Waals surface area (Å²) in [5.74, 6) is -0.796. The molecule has 2 N–H and O–H groups in total. The maximum absolute atomic E-state index is 12.3. The van der Waals surface area contributed by atoms with Crippen molar-refractivity contribution in [2.75, 3.05) is 20.8 Å². The van der Waals surface area contributed by atoms with E-state index in [0.29, 0.717) is 10.0 Å². The van der Waals surface area contributed by atoms with Crippen LogP contribution in [0.15, 0.2) is 22.3 Å². The van der Waals surface area contributed by atoms with Gasteiger partial charge in [0.25, 0.3) is 5.91 Å². The standard InChI is InChI=1S/C14H13BrN2O5S/c1-21-10-5-7(3-8(15)12(10)19)4-9-13(20)17(14(23)16-9)6-11(18)22-2/h3-5,19H,6H2,1-2H3,(H,16,23)/b9-4-. The molecule has 0 unspecified atom stereocenters. The summed E-state index contributed by atoms with van der Waals surface area (Å²) in [6.07, 6.45) is 1.54. The molecule has 1 amide bonds. The molecule has 0 aliphatic carbocycles. The zero-order chi connectivity index (χ0) is 17.1. The van der Waals surface area contributed by atoms with Crippen LogP contribution in [0.1, 0.15) is 5.56 Å². The topological polar surface area (TPSA) is 88.1 Å². The summed E-state index contributed by atoms with van der Waals surface area (Å²) < 4.78 is 10.0. The van der Waals surface area contributed by atoms with Crippen molar-refractivity contribution in [2.24, 2.45) is 0 Å². The number of methoxy groups -OCH3 is 2. The number of esters is 1. The Morgan fingerprint density at radius 2 is 2.17 bits per heavy atom. The van der Waals surface area contributed by atoms with Gasteiger partial charge in [-0.2, -0.15) is 0 Å². The zero-order valence-electron chi connectivity index (χ0n) is 12.3. The lowest BCUT2D eigenvalue weighted by molar-refractivity contribution is -0.143. The van der Waals surface area contributed by atoms with Gasteiger partial charge in [0, 0.05) is 0 Å². The maximum Gasteiger partial charge on any atom is 0.325 e. The van der Waals surface area contributed by atoms with Gasteiger partial charge in [0.05, 0.1) is 18.7 Å². The Kier molecular flexibility index (Phi) is 5.22. The molecule has 1 aromatic carbocycles. The molecule has 9 heteroatoms. The number of ether oxygens (including phenoxy) is 2. The van der Waals surface area contributed by atoms with Crippen LogP contribution in [0, 0.1) is 0 Å². The average Bonchev–Trinajstić information content (AvgIpc) is 2.78. The Morgan fingerprint density at radius 3 is 2.78 bits per heavy atom. The molecule has 1 aliphatic rings. The van der Waals surface area contributed by atoms with Crippen LogP contribution in [0.3, 0.4) is 0 Å². The summed E-state index contributed by atoms with van der Waals surface area (Å²) >= 11 is 8.25. The van der Waals surface area contributed by atoms with Crippen molar-refractivity contribution in [2.45, 2.75) is 0 Å². The fourth-order valence-corrected chi connectivity index (χ4v) is 2.63. The summed E-state index contributed by atoms with van der Waals surface area (Å²) in [6.45, 7) is -0.263. The van der Waals surface area contributed by atoms with Crippen LogP contribution < -0.4 is 10.1 Å². The van der Waals surface area contributed by atoms with E-state index in [1.165, 1.54) is 14.2 Å². The van der Waals surface area contributed by atoms with E-state index >= 15 is 0 Å². The van der Waals surface area contributed by atoms with Gasteiger partial charge in [0.1, 0.15) is 12.2 Å². The number of thiocarbonyl (C=S) groups is 1. The van der Waals surface area contributed by atoms with Crippen LogP contribution in [0.4, 0.5) is 0 Å². The predicted octanol–water partition coefficient (Wildman–Crippen LogP) is 1.39. The predicted molar refractivity (Wildman–Crippen MR) is 89.8 cm³/mol. The molecule has 1 aliphatic heterocycles. The zero-order valence-corrected chi connectivity index (χ0v) is 14.7. The van der Waals surface area contributed by atoms with Gasteiger partial charge >= 0.3 is 5.97 Å². The molecule has 1 saturated heterocycles. The Balaban J connectivity index is 2.31. The number of nitrogens with zero attached hydrogens (tertiary/aromatic N) is 1.